The van der Waals surface area contributed by atoms with E-state index >= 15 is 0 Å². The Labute approximate surface area is 105 Å². The number of hydrogen-bond acceptors (Lipinski definition) is 7. The first-order valence-corrected chi connectivity index (χ1v) is 6.86. The van der Waals surface area contributed by atoms with Crippen molar-refractivity contribution >= 4 is 16.1 Å². The van der Waals surface area contributed by atoms with Gasteiger partial charge in [0.25, 0.3) is 0 Å². The molecule has 18 heavy (non-hydrogen) atoms. The van der Waals surface area contributed by atoms with E-state index in [0.29, 0.717) is 12.3 Å². The molecule has 1 aliphatic rings. The summed E-state index contributed by atoms with van der Waals surface area (Å²) in [6.07, 6.45) is 2.06. The van der Waals surface area contributed by atoms with Crippen LogP contribution < -0.4 is 15.5 Å². The topological polar surface area (TPSA) is 77.1 Å². The lowest BCUT2D eigenvalue weighted by atomic mass is 10.3. The summed E-state index contributed by atoms with van der Waals surface area (Å²) >= 11 is 0. The van der Waals surface area contributed by atoms with Gasteiger partial charge in [-0.3, -0.25) is 0 Å². The van der Waals surface area contributed by atoms with Crippen LogP contribution in [0.1, 0.15) is 19.8 Å². The van der Waals surface area contributed by atoms with E-state index in [-0.39, 0.29) is 0 Å². The Morgan fingerprint density at radius 1 is 1.33 bits per heavy atom. The molecule has 7 nitrogen and oxygen atoms in total. The molecule has 0 atom stereocenters. The minimum Gasteiger partial charge on any atom is -0.494 e. The fourth-order valence-electron chi connectivity index (χ4n) is 1.31. The highest BCUT2D eigenvalue weighted by Crippen LogP contribution is 2.22. The van der Waals surface area contributed by atoms with E-state index in [9.17, 15) is 8.42 Å². The summed E-state index contributed by atoms with van der Waals surface area (Å²) < 4.78 is 36.0. The van der Waals surface area contributed by atoms with Crippen LogP contribution in [0.25, 0.3) is 0 Å². The summed E-state index contributed by atoms with van der Waals surface area (Å²) in [4.78, 5) is 0. The Balaban J connectivity index is 1.96. The molecule has 1 N–H and O–H groups in total. The van der Waals surface area contributed by atoms with E-state index < -0.39 is 10.4 Å². The number of nitrogens with one attached hydrogen (secondary N) is 1. The molecule has 1 heterocycles. The number of benzene rings is 1. The van der Waals surface area contributed by atoms with E-state index in [1.165, 1.54) is 0 Å². The number of anilines is 1. The third-order valence-corrected chi connectivity index (χ3v) is 2.84. The minimum atomic E-state index is -3.99. The van der Waals surface area contributed by atoms with Crippen LogP contribution in [0.3, 0.4) is 0 Å². The molecule has 0 radical (unpaired) electrons. The summed E-state index contributed by atoms with van der Waals surface area (Å²) in [7, 11) is -3.99. The molecule has 0 saturated carbocycles. The molecule has 100 valence electrons. The average molecular weight is 274 g/mol. The number of hydrogen-bond donors (Lipinski definition) is 1. The first kappa shape index (κ1) is 13.1. The largest absolute Gasteiger partial charge is 0.494 e. The van der Waals surface area contributed by atoms with Crippen LogP contribution in [-0.4, -0.2) is 15.0 Å². The number of ether oxygens (including phenoxy) is 1. The van der Waals surface area contributed by atoms with E-state index in [0.717, 1.165) is 23.8 Å². The molecular weight excluding hydrogens is 260 g/mol. The summed E-state index contributed by atoms with van der Waals surface area (Å²) in [5, 5.41) is 0.908. The second-order valence-electron chi connectivity index (χ2n) is 3.65. The van der Waals surface area contributed by atoms with Gasteiger partial charge >= 0.3 is 10.4 Å². The second kappa shape index (κ2) is 5.53. The molecule has 0 bridgehead atoms. The third kappa shape index (κ3) is 3.33. The maximum absolute atomic E-state index is 10.9. The van der Waals surface area contributed by atoms with E-state index in [4.69, 9.17) is 4.74 Å². The molecule has 1 aliphatic heterocycles. The molecule has 2 rings (SSSR count). The predicted molar refractivity (Wildman–Crippen MR) is 63.5 cm³/mol. The SMILES string of the molecule is CCCCOc1ccc(N2NOS(=O)(=O)O2)cc1. The molecule has 1 saturated heterocycles. The first-order chi connectivity index (χ1) is 8.61. The van der Waals surface area contributed by atoms with Gasteiger partial charge in [0.2, 0.25) is 0 Å². The molecule has 1 fully saturated rings. The van der Waals surface area contributed by atoms with Crippen molar-refractivity contribution in [2.75, 3.05) is 11.8 Å². The lowest BCUT2D eigenvalue weighted by Crippen LogP contribution is -2.28. The van der Waals surface area contributed by atoms with Crippen molar-refractivity contribution in [3.05, 3.63) is 24.3 Å². The Bertz CT molecular complexity index is 487. The lowest BCUT2D eigenvalue weighted by Gasteiger charge is -2.11. The number of hydrazine groups is 1. The van der Waals surface area contributed by atoms with Crippen molar-refractivity contribution in [1.29, 1.82) is 0 Å². The molecule has 0 aromatic heterocycles. The van der Waals surface area contributed by atoms with Gasteiger partial charge in [0, 0.05) is 0 Å². The second-order valence-corrected chi connectivity index (χ2v) is 4.78. The maximum atomic E-state index is 10.9. The summed E-state index contributed by atoms with van der Waals surface area (Å²) in [5.74, 6) is 0.718. The number of unbranched alkanes of at least 4 members (excludes halogenated alkanes) is 1. The van der Waals surface area contributed by atoms with Crippen molar-refractivity contribution in [1.82, 2.24) is 5.59 Å². The van der Waals surface area contributed by atoms with Crippen molar-refractivity contribution < 1.29 is 21.7 Å². The standard InChI is InChI=1S/C10H14N2O5S/c1-2-3-8-15-10-6-4-9(5-7-10)12-11-16-18(13,14)17-12/h4-7,11H,2-3,8H2,1H3. The maximum Gasteiger partial charge on any atom is 0.440 e. The molecule has 0 unspecified atom stereocenters. The Kier molecular flexibility index (Phi) is 4.02. The third-order valence-electron chi connectivity index (χ3n) is 2.23. The first-order valence-electron chi connectivity index (χ1n) is 5.52. The number of nitrogens with zero attached hydrogens (tertiary/aromatic N) is 1. The summed E-state index contributed by atoms with van der Waals surface area (Å²) in [6.45, 7) is 2.75. The molecular formula is C10H14N2O5S. The Morgan fingerprint density at radius 2 is 2.06 bits per heavy atom. The minimum absolute atomic E-state index is 0.485. The molecule has 8 heteroatoms. The van der Waals surface area contributed by atoms with Crippen molar-refractivity contribution in [3.63, 3.8) is 0 Å². The van der Waals surface area contributed by atoms with Crippen LogP contribution >= 0.6 is 0 Å². The highest BCUT2D eigenvalue weighted by molar-refractivity contribution is 7.82. The highest BCUT2D eigenvalue weighted by atomic mass is 32.3. The van der Waals surface area contributed by atoms with Gasteiger partial charge in [-0.25, -0.2) is 0 Å². The van der Waals surface area contributed by atoms with Crippen LogP contribution in [0.2, 0.25) is 0 Å². The van der Waals surface area contributed by atoms with Crippen LogP contribution in [0, 0.1) is 0 Å². The zero-order valence-electron chi connectivity index (χ0n) is 9.83. The zero-order chi connectivity index (χ0) is 13.0. The highest BCUT2D eigenvalue weighted by Gasteiger charge is 2.28. The van der Waals surface area contributed by atoms with Crippen LogP contribution in [0.4, 0.5) is 5.69 Å². The van der Waals surface area contributed by atoms with Gasteiger partial charge in [0.05, 0.1) is 12.3 Å². The van der Waals surface area contributed by atoms with Crippen LogP contribution in [-0.2, 0) is 19.0 Å². The quantitative estimate of drug-likeness (QED) is 0.811. The van der Waals surface area contributed by atoms with E-state index in [1.54, 1.807) is 24.3 Å². The Hall–Kier alpha value is -1.35. The smallest absolute Gasteiger partial charge is 0.440 e. The number of rotatable bonds is 5. The van der Waals surface area contributed by atoms with Gasteiger partial charge in [-0.1, -0.05) is 18.9 Å². The fourth-order valence-corrected chi connectivity index (χ4v) is 1.80. The summed E-state index contributed by atoms with van der Waals surface area (Å²) in [5.41, 5.74) is 2.60. The average Bonchev–Trinajstić information content (AvgIpc) is 2.71. The van der Waals surface area contributed by atoms with Gasteiger partial charge in [-0.2, -0.15) is 8.42 Å². The van der Waals surface area contributed by atoms with Gasteiger partial charge in [0.1, 0.15) is 5.75 Å². The molecule has 0 aliphatic carbocycles. The molecule has 1 aromatic rings. The zero-order valence-corrected chi connectivity index (χ0v) is 10.6. The van der Waals surface area contributed by atoms with Crippen LogP contribution in [0.5, 0.6) is 5.75 Å². The van der Waals surface area contributed by atoms with Gasteiger partial charge < -0.3 is 4.74 Å². The van der Waals surface area contributed by atoms with Gasteiger partial charge in [-0.05, 0) is 30.7 Å². The predicted octanol–water partition coefficient (Wildman–Crippen LogP) is 1.30. The normalized spacial score (nSPS) is 17.9. The van der Waals surface area contributed by atoms with Crippen molar-refractivity contribution in [2.45, 2.75) is 19.8 Å². The van der Waals surface area contributed by atoms with E-state index in [1.807, 2.05) is 0 Å². The molecule has 1 aromatic carbocycles. The van der Waals surface area contributed by atoms with Gasteiger partial charge in [0.15, 0.2) is 0 Å². The van der Waals surface area contributed by atoms with Crippen molar-refractivity contribution in [2.24, 2.45) is 0 Å². The van der Waals surface area contributed by atoms with E-state index in [2.05, 4.69) is 21.1 Å². The Morgan fingerprint density at radius 3 is 2.61 bits per heavy atom. The lowest BCUT2D eigenvalue weighted by molar-refractivity contribution is 0.198. The fraction of sp³-hybridized carbons (Fsp3) is 0.400. The molecule has 0 spiro atoms. The van der Waals surface area contributed by atoms with Crippen molar-refractivity contribution in [3.8, 4) is 5.75 Å². The molecule has 0 amide bonds. The summed E-state index contributed by atoms with van der Waals surface area (Å²) in [6, 6.07) is 6.75. The van der Waals surface area contributed by atoms with Crippen LogP contribution in [0.15, 0.2) is 24.3 Å². The monoisotopic (exact) mass is 274 g/mol. The van der Waals surface area contributed by atoms with Gasteiger partial charge in [-0.15, -0.1) is 13.7 Å².